The summed E-state index contributed by atoms with van der Waals surface area (Å²) >= 11 is 6.02. The summed E-state index contributed by atoms with van der Waals surface area (Å²) in [5, 5.41) is 12.7. The Bertz CT molecular complexity index is 998. The molecule has 2 aromatic heterocycles. The predicted octanol–water partition coefficient (Wildman–Crippen LogP) is 2.79. The third-order valence-corrected chi connectivity index (χ3v) is 3.92. The van der Waals surface area contributed by atoms with E-state index in [-0.39, 0.29) is 5.56 Å². The van der Waals surface area contributed by atoms with Crippen molar-refractivity contribution >= 4 is 17.2 Å². The van der Waals surface area contributed by atoms with Gasteiger partial charge in [-0.3, -0.25) is 9.89 Å². The largest absolute Gasteiger partial charge is 0.495 e. The average Bonchev–Trinajstić information content (AvgIpc) is 2.93. The highest BCUT2D eigenvalue weighted by Crippen LogP contribution is 2.29. The van der Waals surface area contributed by atoms with E-state index in [1.165, 1.54) is 17.7 Å². The van der Waals surface area contributed by atoms with Gasteiger partial charge in [-0.1, -0.05) is 24.6 Å². The number of H-pyrrole nitrogens is 1. The van der Waals surface area contributed by atoms with Gasteiger partial charge in [0.25, 0.3) is 5.56 Å². The van der Waals surface area contributed by atoms with Crippen molar-refractivity contribution in [2.75, 3.05) is 7.11 Å². The number of aromatic nitrogens is 3. The summed E-state index contributed by atoms with van der Waals surface area (Å²) in [6, 6.07) is 8.66. The van der Waals surface area contributed by atoms with Crippen LogP contribution in [0.1, 0.15) is 18.2 Å². The van der Waals surface area contributed by atoms with Gasteiger partial charge < -0.3 is 4.74 Å². The van der Waals surface area contributed by atoms with Crippen LogP contribution in [-0.4, -0.2) is 21.7 Å². The molecule has 3 rings (SSSR count). The minimum atomic E-state index is -0.282. The lowest BCUT2D eigenvalue weighted by molar-refractivity contribution is 0.415. The summed E-state index contributed by atoms with van der Waals surface area (Å²) in [6.07, 6.45) is 0.607. The number of nitrogens with zero attached hydrogens (tertiary/aromatic N) is 3. The van der Waals surface area contributed by atoms with Crippen molar-refractivity contribution in [2.24, 2.45) is 0 Å². The summed E-state index contributed by atoms with van der Waals surface area (Å²) in [5.41, 5.74) is 2.25. The maximum atomic E-state index is 12.3. The molecule has 0 saturated carbocycles. The van der Waals surface area contributed by atoms with Crippen LogP contribution in [0.3, 0.4) is 0 Å². The fourth-order valence-electron chi connectivity index (χ4n) is 2.42. The molecule has 116 valence electrons. The normalized spacial score (nSPS) is 10.7. The highest BCUT2D eigenvalue weighted by Gasteiger charge is 2.15. The van der Waals surface area contributed by atoms with Crippen LogP contribution in [-0.2, 0) is 6.42 Å². The van der Waals surface area contributed by atoms with Crippen LogP contribution in [0.15, 0.2) is 29.1 Å². The molecule has 6 nitrogen and oxygen atoms in total. The number of nitriles is 1. The molecule has 1 N–H and O–H groups in total. The fraction of sp³-hybridized carbons (Fsp3) is 0.188. The third-order valence-electron chi connectivity index (χ3n) is 3.60. The van der Waals surface area contributed by atoms with Crippen molar-refractivity contribution in [2.45, 2.75) is 13.3 Å². The number of fused-ring (bicyclic) bond motifs is 1. The quantitative estimate of drug-likeness (QED) is 0.801. The van der Waals surface area contributed by atoms with Gasteiger partial charge in [-0.25, -0.2) is 4.98 Å². The van der Waals surface area contributed by atoms with E-state index in [4.69, 9.17) is 16.3 Å². The number of benzene rings is 1. The standard InChI is InChI=1S/C16H13ClN4O2/c1-3-12-10(8-18)16-19-13(7-15(22)21(16)20-12)9-4-5-11(17)14(6-9)23-2/h4-7,20H,3H2,1-2H3. The first-order chi connectivity index (χ1) is 11.1. The number of ether oxygens (including phenoxy) is 1. The molecule has 3 aromatic rings. The van der Waals surface area contributed by atoms with E-state index in [1.54, 1.807) is 18.2 Å². The van der Waals surface area contributed by atoms with Crippen molar-refractivity contribution in [1.29, 1.82) is 5.26 Å². The zero-order valence-corrected chi connectivity index (χ0v) is 13.3. The topological polar surface area (TPSA) is 83.2 Å². The van der Waals surface area contributed by atoms with Crippen LogP contribution in [0.4, 0.5) is 0 Å². The van der Waals surface area contributed by atoms with E-state index in [2.05, 4.69) is 16.2 Å². The van der Waals surface area contributed by atoms with Gasteiger partial charge in [0.1, 0.15) is 17.4 Å². The molecule has 0 aliphatic carbocycles. The Morgan fingerprint density at radius 1 is 1.43 bits per heavy atom. The lowest BCUT2D eigenvalue weighted by atomic mass is 10.1. The second-order valence-electron chi connectivity index (χ2n) is 4.92. The molecule has 1 aromatic carbocycles. The second kappa shape index (κ2) is 5.78. The van der Waals surface area contributed by atoms with E-state index in [1.807, 2.05) is 6.92 Å². The van der Waals surface area contributed by atoms with Crippen molar-refractivity contribution in [3.63, 3.8) is 0 Å². The van der Waals surface area contributed by atoms with Crippen molar-refractivity contribution in [3.8, 4) is 23.1 Å². The molecule has 23 heavy (non-hydrogen) atoms. The number of aryl methyl sites for hydroxylation is 1. The number of hydrogen-bond acceptors (Lipinski definition) is 4. The van der Waals surface area contributed by atoms with E-state index >= 15 is 0 Å². The van der Waals surface area contributed by atoms with Gasteiger partial charge in [-0.2, -0.15) is 9.78 Å². The Morgan fingerprint density at radius 2 is 2.22 bits per heavy atom. The van der Waals surface area contributed by atoms with Gasteiger partial charge in [0, 0.05) is 11.6 Å². The number of rotatable bonds is 3. The molecule has 0 amide bonds. The Labute approximate surface area is 136 Å². The highest BCUT2D eigenvalue weighted by atomic mass is 35.5. The number of methoxy groups -OCH3 is 1. The number of halogens is 1. The zero-order chi connectivity index (χ0) is 16.6. The molecule has 0 bridgehead atoms. The van der Waals surface area contributed by atoms with E-state index in [9.17, 15) is 10.1 Å². The lowest BCUT2D eigenvalue weighted by Gasteiger charge is -2.06. The fourth-order valence-corrected chi connectivity index (χ4v) is 2.62. The summed E-state index contributed by atoms with van der Waals surface area (Å²) < 4.78 is 6.48. The Balaban J connectivity index is 2.28. The minimum absolute atomic E-state index is 0.282. The number of nitrogens with one attached hydrogen (secondary N) is 1. The molecule has 0 radical (unpaired) electrons. The Hall–Kier alpha value is -2.78. The SMILES string of the molecule is CCc1[nH]n2c(=O)cc(-c3ccc(Cl)c(OC)c3)nc2c1C#N. The van der Waals surface area contributed by atoms with Gasteiger partial charge in [-0.15, -0.1) is 0 Å². The second-order valence-corrected chi connectivity index (χ2v) is 5.33. The van der Waals surface area contributed by atoms with E-state index < -0.39 is 0 Å². The summed E-state index contributed by atoms with van der Waals surface area (Å²) in [7, 11) is 1.52. The highest BCUT2D eigenvalue weighted by molar-refractivity contribution is 6.32. The summed E-state index contributed by atoms with van der Waals surface area (Å²) in [6.45, 7) is 1.90. The zero-order valence-electron chi connectivity index (χ0n) is 12.6. The molecule has 0 fully saturated rings. The molecule has 0 atom stereocenters. The van der Waals surface area contributed by atoms with Crippen molar-refractivity contribution in [3.05, 3.63) is 50.9 Å². The molecule has 0 saturated heterocycles. The van der Waals surface area contributed by atoms with Gasteiger partial charge >= 0.3 is 0 Å². The molecule has 0 spiro atoms. The van der Waals surface area contributed by atoms with Crippen molar-refractivity contribution in [1.82, 2.24) is 14.6 Å². The average molecular weight is 329 g/mol. The molecule has 2 heterocycles. The molecule has 7 heteroatoms. The monoisotopic (exact) mass is 328 g/mol. The van der Waals surface area contributed by atoms with E-state index in [0.717, 1.165) is 0 Å². The predicted molar refractivity (Wildman–Crippen MR) is 86.9 cm³/mol. The number of hydrogen-bond donors (Lipinski definition) is 1. The Morgan fingerprint density at radius 3 is 2.87 bits per heavy atom. The van der Waals surface area contributed by atoms with Crippen LogP contribution in [0, 0.1) is 11.3 Å². The molecule has 0 unspecified atom stereocenters. The Kier molecular flexibility index (Phi) is 3.80. The lowest BCUT2D eigenvalue weighted by Crippen LogP contribution is -2.14. The first kappa shape index (κ1) is 15.1. The van der Waals surface area contributed by atoms with Crippen molar-refractivity contribution < 1.29 is 4.74 Å². The van der Waals surface area contributed by atoms with E-state index in [0.29, 0.717) is 45.4 Å². The maximum Gasteiger partial charge on any atom is 0.273 e. The van der Waals surface area contributed by atoms with Gasteiger partial charge in [0.15, 0.2) is 5.65 Å². The molecule has 0 aliphatic rings. The summed E-state index contributed by atoms with van der Waals surface area (Å²) in [5.74, 6) is 0.495. The third kappa shape index (κ3) is 2.45. The van der Waals surface area contributed by atoms with Gasteiger partial charge in [0.2, 0.25) is 0 Å². The molecular weight excluding hydrogens is 316 g/mol. The minimum Gasteiger partial charge on any atom is -0.495 e. The first-order valence-corrected chi connectivity index (χ1v) is 7.35. The molecule has 0 aliphatic heterocycles. The smallest absolute Gasteiger partial charge is 0.273 e. The van der Waals surface area contributed by atoms with Gasteiger partial charge in [0.05, 0.1) is 23.5 Å². The van der Waals surface area contributed by atoms with Gasteiger partial charge in [-0.05, 0) is 18.6 Å². The van der Waals surface area contributed by atoms with Crippen LogP contribution < -0.4 is 10.3 Å². The molecular formula is C16H13ClN4O2. The van der Waals surface area contributed by atoms with Crippen LogP contribution in [0.2, 0.25) is 5.02 Å². The van der Waals surface area contributed by atoms with Crippen LogP contribution >= 0.6 is 11.6 Å². The summed E-state index contributed by atoms with van der Waals surface area (Å²) in [4.78, 5) is 16.8. The van der Waals surface area contributed by atoms with Crippen LogP contribution in [0.5, 0.6) is 5.75 Å². The van der Waals surface area contributed by atoms with Crippen LogP contribution in [0.25, 0.3) is 16.9 Å². The maximum absolute atomic E-state index is 12.3. The number of aromatic amines is 1. The first-order valence-electron chi connectivity index (χ1n) is 6.97.